The minimum atomic E-state index is -0.351. The van der Waals surface area contributed by atoms with Gasteiger partial charge in [-0.25, -0.2) is 0 Å². The van der Waals surface area contributed by atoms with Gasteiger partial charge in [-0.2, -0.15) is 0 Å². The Balaban J connectivity index is 1.68. The van der Waals surface area contributed by atoms with Crippen LogP contribution in [-0.4, -0.2) is 33.5 Å². The van der Waals surface area contributed by atoms with Gasteiger partial charge < -0.3 is 19.4 Å². The molecule has 1 amide bonds. The summed E-state index contributed by atoms with van der Waals surface area (Å²) in [6.07, 6.45) is -0.351. The van der Waals surface area contributed by atoms with Crippen LogP contribution in [0.15, 0.2) is 47.6 Å². The summed E-state index contributed by atoms with van der Waals surface area (Å²) >= 11 is 13.2. The van der Waals surface area contributed by atoms with E-state index >= 15 is 0 Å². The number of ether oxygens (including phenoxy) is 2. The molecule has 3 rings (SSSR count). The number of carbonyl (C=O) groups excluding carboxylic acids is 1. The van der Waals surface area contributed by atoms with Crippen molar-refractivity contribution in [1.82, 2.24) is 14.8 Å². The van der Waals surface area contributed by atoms with Crippen molar-refractivity contribution in [3.63, 3.8) is 0 Å². The van der Waals surface area contributed by atoms with E-state index in [1.54, 1.807) is 25.3 Å². The molecule has 0 aliphatic heterocycles. The fourth-order valence-electron chi connectivity index (χ4n) is 2.98. The SMILES string of the molecule is COc1cccc(OC(C)c2nnc(SCC(=O)Nc3ccc(Cl)c(Cl)c3)n2C(C)C)c1. The van der Waals surface area contributed by atoms with E-state index in [9.17, 15) is 4.79 Å². The molecule has 0 aliphatic carbocycles. The third kappa shape index (κ3) is 6.09. The van der Waals surface area contributed by atoms with Crippen LogP contribution in [0.25, 0.3) is 0 Å². The molecule has 170 valence electrons. The molecule has 3 aromatic rings. The number of hydrogen-bond donors (Lipinski definition) is 1. The number of amides is 1. The highest BCUT2D eigenvalue weighted by molar-refractivity contribution is 7.99. The molecule has 7 nitrogen and oxygen atoms in total. The van der Waals surface area contributed by atoms with Gasteiger partial charge in [0.15, 0.2) is 17.1 Å². The van der Waals surface area contributed by atoms with Gasteiger partial charge in [-0.3, -0.25) is 4.79 Å². The number of anilines is 1. The molecule has 1 N–H and O–H groups in total. The molecule has 0 fully saturated rings. The zero-order valence-electron chi connectivity index (χ0n) is 18.1. The quantitative estimate of drug-likeness (QED) is 0.365. The van der Waals surface area contributed by atoms with Crippen LogP contribution in [0, 0.1) is 0 Å². The average molecular weight is 495 g/mol. The highest BCUT2D eigenvalue weighted by atomic mass is 35.5. The fraction of sp³-hybridized carbons (Fsp3) is 0.318. The van der Waals surface area contributed by atoms with Crippen LogP contribution >= 0.6 is 35.0 Å². The number of aromatic nitrogens is 3. The molecule has 32 heavy (non-hydrogen) atoms. The number of nitrogens with zero attached hydrogens (tertiary/aromatic N) is 3. The summed E-state index contributed by atoms with van der Waals surface area (Å²) in [4.78, 5) is 12.4. The number of nitrogens with one attached hydrogen (secondary N) is 1. The number of benzene rings is 2. The van der Waals surface area contributed by atoms with Crippen LogP contribution in [0.1, 0.15) is 38.7 Å². The summed E-state index contributed by atoms with van der Waals surface area (Å²) < 4.78 is 13.3. The van der Waals surface area contributed by atoms with E-state index in [-0.39, 0.29) is 23.8 Å². The van der Waals surface area contributed by atoms with Gasteiger partial charge in [-0.15, -0.1) is 10.2 Å². The van der Waals surface area contributed by atoms with Crippen molar-refractivity contribution in [3.05, 3.63) is 58.3 Å². The molecule has 0 aliphatic rings. The lowest BCUT2D eigenvalue weighted by Gasteiger charge is -2.19. The Bertz CT molecular complexity index is 1090. The maximum absolute atomic E-state index is 12.4. The average Bonchev–Trinajstić information content (AvgIpc) is 3.19. The molecular weight excluding hydrogens is 471 g/mol. The van der Waals surface area contributed by atoms with Crippen molar-refractivity contribution < 1.29 is 14.3 Å². The molecule has 1 aromatic heterocycles. The van der Waals surface area contributed by atoms with Gasteiger partial charge in [0.05, 0.1) is 22.9 Å². The smallest absolute Gasteiger partial charge is 0.234 e. The first-order valence-electron chi connectivity index (χ1n) is 9.91. The Labute approximate surface area is 201 Å². The van der Waals surface area contributed by atoms with Crippen molar-refractivity contribution in [2.75, 3.05) is 18.2 Å². The number of hydrogen-bond acceptors (Lipinski definition) is 6. The molecule has 0 radical (unpaired) electrons. The molecule has 1 atom stereocenters. The molecule has 2 aromatic carbocycles. The third-order valence-corrected chi connectivity index (χ3v) is 6.14. The molecule has 0 saturated heterocycles. The first-order chi connectivity index (χ1) is 15.3. The summed E-state index contributed by atoms with van der Waals surface area (Å²) in [6.45, 7) is 5.98. The standard InChI is InChI=1S/C22H24Cl2N4O3S/c1-13(2)28-21(14(3)31-17-7-5-6-16(11-17)30-4)26-27-22(28)32-12-20(29)25-15-8-9-18(23)19(24)10-15/h5-11,13-14H,12H2,1-4H3,(H,25,29). The lowest BCUT2D eigenvalue weighted by atomic mass is 10.3. The summed E-state index contributed by atoms with van der Waals surface area (Å²) in [5, 5.41) is 12.9. The normalized spacial score (nSPS) is 12.0. The van der Waals surface area contributed by atoms with Crippen LogP contribution in [0.4, 0.5) is 5.69 Å². The van der Waals surface area contributed by atoms with Gasteiger partial charge in [0.25, 0.3) is 0 Å². The van der Waals surface area contributed by atoms with E-state index in [0.29, 0.717) is 38.2 Å². The van der Waals surface area contributed by atoms with Gasteiger partial charge >= 0.3 is 0 Å². The zero-order valence-corrected chi connectivity index (χ0v) is 20.5. The van der Waals surface area contributed by atoms with Gasteiger partial charge in [0, 0.05) is 17.8 Å². The number of thioether (sulfide) groups is 1. The van der Waals surface area contributed by atoms with Crippen LogP contribution in [-0.2, 0) is 4.79 Å². The molecule has 1 heterocycles. The first kappa shape index (κ1) is 24.2. The molecule has 0 bridgehead atoms. The Morgan fingerprint density at radius 2 is 1.84 bits per heavy atom. The summed E-state index contributed by atoms with van der Waals surface area (Å²) in [6, 6.07) is 12.4. The Morgan fingerprint density at radius 3 is 2.53 bits per heavy atom. The van der Waals surface area contributed by atoms with Gasteiger partial charge in [-0.05, 0) is 51.1 Å². The molecule has 10 heteroatoms. The van der Waals surface area contributed by atoms with Crippen molar-refractivity contribution in [3.8, 4) is 11.5 Å². The molecular formula is C22H24Cl2N4O3S. The van der Waals surface area contributed by atoms with Crippen molar-refractivity contribution >= 4 is 46.6 Å². The number of carbonyl (C=O) groups is 1. The third-order valence-electron chi connectivity index (χ3n) is 4.46. The largest absolute Gasteiger partial charge is 0.497 e. The Kier molecular flexibility index (Phi) is 8.28. The van der Waals surface area contributed by atoms with E-state index in [4.69, 9.17) is 32.7 Å². The number of methoxy groups -OCH3 is 1. The maximum atomic E-state index is 12.4. The Hall–Kier alpha value is -2.42. The highest BCUT2D eigenvalue weighted by Crippen LogP contribution is 2.29. The van der Waals surface area contributed by atoms with Crippen molar-refractivity contribution in [1.29, 1.82) is 0 Å². The fourth-order valence-corrected chi connectivity index (χ4v) is 4.15. The molecule has 0 saturated carbocycles. The van der Waals surface area contributed by atoms with Crippen LogP contribution in [0.5, 0.6) is 11.5 Å². The maximum Gasteiger partial charge on any atom is 0.234 e. The highest BCUT2D eigenvalue weighted by Gasteiger charge is 2.22. The molecule has 1 unspecified atom stereocenters. The minimum Gasteiger partial charge on any atom is -0.497 e. The minimum absolute atomic E-state index is 0.0805. The van der Waals surface area contributed by atoms with Crippen molar-refractivity contribution in [2.45, 2.75) is 38.1 Å². The van der Waals surface area contributed by atoms with E-state index in [1.165, 1.54) is 11.8 Å². The second kappa shape index (κ2) is 10.9. The Morgan fingerprint density at radius 1 is 1.09 bits per heavy atom. The summed E-state index contributed by atoms with van der Waals surface area (Å²) in [5.41, 5.74) is 0.580. The zero-order chi connectivity index (χ0) is 23.3. The summed E-state index contributed by atoms with van der Waals surface area (Å²) in [7, 11) is 1.61. The van der Waals surface area contributed by atoms with Gasteiger partial charge in [0.2, 0.25) is 5.91 Å². The monoisotopic (exact) mass is 494 g/mol. The predicted molar refractivity (Wildman–Crippen MR) is 128 cm³/mol. The van der Waals surface area contributed by atoms with Crippen LogP contribution < -0.4 is 14.8 Å². The second-order valence-electron chi connectivity index (χ2n) is 7.21. The van der Waals surface area contributed by atoms with Crippen LogP contribution in [0.2, 0.25) is 10.0 Å². The van der Waals surface area contributed by atoms with Crippen molar-refractivity contribution in [2.24, 2.45) is 0 Å². The van der Waals surface area contributed by atoms with Crippen LogP contribution in [0.3, 0.4) is 0 Å². The van der Waals surface area contributed by atoms with Gasteiger partial charge in [0.1, 0.15) is 11.5 Å². The van der Waals surface area contributed by atoms with Gasteiger partial charge in [-0.1, -0.05) is 41.0 Å². The van der Waals surface area contributed by atoms with E-state index < -0.39 is 0 Å². The number of rotatable bonds is 9. The first-order valence-corrected chi connectivity index (χ1v) is 11.7. The second-order valence-corrected chi connectivity index (χ2v) is 8.97. The topological polar surface area (TPSA) is 78.3 Å². The van der Waals surface area contributed by atoms with E-state index in [0.717, 1.165) is 0 Å². The lowest BCUT2D eigenvalue weighted by Crippen LogP contribution is -2.16. The number of halogens is 2. The summed E-state index contributed by atoms with van der Waals surface area (Å²) in [5.74, 6) is 2.04. The van der Waals surface area contributed by atoms with E-state index in [2.05, 4.69) is 15.5 Å². The predicted octanol–water partition coefficient (Wildman–Crippen LogP) is 6.05. The lowest BCUT2D eigenvalue weighted by molar-refractivity contribution is -0.113. The van der Waals surface area contributed by atoms with E-state index in [1.807, 2.05) is 49.6 Å². The molecule has 0 spiro atoms.